The van der Waals surface area contributed by atoms with E-state index in [2.05, 4.69) is 9.97 Å². The second-order valence-electron chi connectivity index (χ2n) is 4.54. The van der Waals surface area contributed by atoms with Crippen molar-refractivity contribution in [2.24, 2.45) is 0 Å². The van der Waals surface area contributed by atoms with Crippen LogP contribution in [0.2, 0.25) is 0 Å². The molecule has 2 heterocycles. The molecule has 0 aliphatic carbocycles. The van der Waals surface area contributed by atoms with Gasteiger partial charge in [-0.1, -0.05) is 6.07 Å². The second kappa shape index (κ2) is 6.20. The standard InChI is InChI=1S/C14H11F5N2S/c1-9-3-2-6-20-12(9)11-5-4-10(7-21-11)22-8-13(15,16)14(17,18)19/h2-7H,8H2,1H3. The maximum absolute atomic E-state index is 12.8. The molecule has 2 aromatic rings. The van der Waals surface area contributed by atoms with Crippen LogP contribution in [0.15, 0.2) is 41.6 Å². The zero-order valence-corrected chi connectivity index (χ0v) is 12.2. The molecule has 0 spiro atoms. The number of hydrogen-bond acceptors (Lipinski definition) is 3. The Morgan fingerprint density at radius 3 is 2.32 bits per heavy atom. The Morgan fingerprint density at radius 2 is 1.77 bits per heavy atom. The number of pyridine rings is 2. The molecule has 0 amide bonds. The Balaban J connectivity index is 2.09. The lowest BCUT2D eigenvalue weighted by molar-refractivity contribution is -0.271. The molecular weight excluding hydrogens is 323 g/mol. The van der Waals surface area contributed by atoms with Crippen molar-refractivity contribution in [3.8, 4) is 11.4 Å². The zero-order valence-electron chi connectivity index (χ0n) is 11.4. The Kier molecular flexibility index (Phi) is 4.69. The average Bonchev–Trinajstić information content (AvgIpc) is 2.45. The number of rotatable bonds is 4. The molecule has 22 heavy (non-hydrogen) atoms. The molecule has 0 aromatic carbocycles. The highest BCUT2D eigenvalue weighted by Crippen LogP contribution is 2.39. The molecule has 0 unspecified atom stereocenters. The molecule has 2 aromatic heterocycles. The van der Waals surface area contributed by atoms with Gasteiger partial charge >= 0.3 is 12.1 Å². The van der Waals surface area contributed by atoms with Gasteiger partial charge in [0.25, 0.3) is 0 Å². The molecule has 2 rings (SSSR count). The molecule has 2 nitrogen and oxygen atoms in total. The van der Waals surface area contributed by atoms with Gasteiger partial charge < -0.3 is 0 Å². The third-order valence-electron chi connectivity index (χ3n) is 2.82. The van der Waals surface area contributed by atoms with Crippen LogP contribution >= 0.6 is 11.8 Å². The van der Waals surface area contributed by atoms with Crippen molar-refractivity contribution in [1.29, 1.82) is 0 Å². The minimum Gasteiger partial charge on any atom is -0.254 e. The lowest BCUT2D eigenvalue weighted by atomic mass is 10.1. The van der Waals surface area contributed by atoms with Crippen molar-refractivity contribution in [3.63, 3.8) is 0 Å². The molecule has 0 aliphatic heterocycles. The van der Waals surface area contributed by atoms with Gasteiger partial charge in [0.15, 0.2) is 0 Å². The number of thioether (sulfide) groups is 1. The first-order chi connectivity index (χ1) is 10.2. The van der Waals surface area contributed by atoms with Crippen LogP contribution in [0.25, 0.3) is 11.4 Å². The summed E-state index contributed by atoms with van der Waals surface area (Å²) in [5, 5.41) is 0. The van der Waals surface area contributed by atoms with Gasteiger partial charge in [0.1, 0.15) is 0 Å². The first-order valence-electron chi connectivity index (χ1n) is 6.16. The fourth-order valence-corrected chi connectivity index (χ4v) is 2.42. The molecule has 0 aliphatic rings. The van der Waals surface area contributed by atoms with Crippen LogP contribution in [0.3, 0.4) is 0 Å². The summed E-state index contributed by atoms with van der Waals surface area (Å²) in [7, 11) is 0. The van der Waals surface area contributed by atoms with Gasteiger partial charge in [0, 0.05) is 17.3 Å². The van der Waals surface area contributed by atoms with Gasteiger partial charge in [0.05, 0.1) is 17.1 Å². The predicted molar refractivity (Wildman–Crippen MR) is 73.9 cm³/mol. The van der Waals surface area contributed by atoms with E-state index in [1.165, 1.54) is 12.3 Å². The van der Waals surface area contributed by atoms with Crippen molar-refractivity contribution < 1.29 is 22.0 Å². The summed E-state index contributed by atoms with van der Waals surface area (Å²) in [6, 6.07) is 6.61. The van der Waals surface area contributed by atoms with Gasteiger partial charge in [-0.2, -0.15) is 22.0 Å². The highest BCUT2D eigenvalue weighted by molar-refractivity contribution is 7.99. The molecule has 0 saturated carbocycles. The van der Waals surface area contributed by atoms with Crippen LogP contribution < -0.4 is 0 Å². The van der Waals surface area contributed by atoms with Gasteiger partial charge in [0.2, 0.25) is 0 Å². The van der Waals surface area contributed by atoms with Crippen LogP contribution in [-0.2, 0) is 0 Å². The maximum atomic E-state index is 12.8. The third-order valence-corrected chi connectivity index (χ3v) is 3.90. The Bertz CT molecular complexity index is 640. The van der Waals surface area contributed by atoms with E-state index in [4.69, 9.17) is 0 Å². The minimum absolute atomic E-state index is 0.237. The smallest absolute Gasteiger partial charge is 0.254 e. The van der Waals surface area contributed by atoms with Gasteiger partial charge in [-0.3, -0.25) is 9.97 Å². The molecule has 0 fully saturated rings. The Labute approximate surface area is 127 Å². The summed E-state index contributed by atoms with van der Waals surface area (Å²) in [6.07, 6.45) is -2.68. The van der Waals surface area contributed by atoms with Crippen LogP contribution in [0.5, 0.6) is 0 Å². The summed E-state index contributed by atoms with van der Waals surface area (Å²) >= 11 is 0.409. The van der Waals surface area contributed by atoms with Crippen molar-refractivity contribution in [2.75, 3.05) is 5.75 Å². The number of aryl methyl sites for hydroxylation is 1. The largest absolute Gasteiger partial charge is 0.454 e. The first-order valence-corrected chi connectivity index (χ1v) is 7.15. The van der Waals surface area contributed by atoms with E-state index < -0.39 is 17.9 Å². The quantitative estimate of drug-likeness (QED) is 0.596. The van der Waals surface area contributed by atoms with Crippen LogP contribution in [0.4, 0.5) is 22.0 Å². The molecular formula is C14H11F5N2S. The van der Waals surface area contributed by atoms with Gasteiger partial charge in [-0.25, -0.2) is 0 Å². The normalized spacial score (nSPS) is 12.5. The van der Waals surface area contributed by atoms with Crippen molar-refractivity contribution >= 4 is 11.8 Å². The van der Waals surface area contributed by atoms with Crippen molar-refractivity contribution in [1.82, 2.24) is 9.97 Å². The van der Waals surface area contributed by atoms with E-state index in [1.54, 1.807) is 18.3 Å². The number of hydrogen-bond donors (Lipinski definition) is 0. The maximum Gasteiger partial charge on any atom is 0.454 e. The SMILES string of the molecule is Cc1cccnc1-c1ccc(SCC(F)(F)C(F)(F)F)cn1. The molecule has 118 valence electrons. The molecule has 0 N–H and O–H groups in total. The summed E-state index contributed by atoms with van der Waals surface area (Å²) in [4.78, 5) is 8.46. The minimum atomic E-state index is -5.54. The highest BCUT2D eigenvalue weighted by Gasteiger charge is 2.57. The zero-order chi connectivity index (χ0) is 16.4. The van der Waals surface area contributed by atoms with E-state index >= 15 is 0 Å². The van der Waals surface area contributed by atoms with E-state index in [0.717, 1.165) is 5.56 Å². The Morgan fingerprint density at radius 1 is 1.05 bits per heavy atom. The van der Waals surface area contributed by atoms with Gasteiger partial charge in [-0.05, 0) is 30.7 Å². The summed E-state index contributed by atoms with van der Waals surface area (Å²) in [6.45, 7) is 1.84. The van der Waals surface area contributed by atoms with Crippen molar-refractivity contribution in [3.05, 3.63) is 42.2 Å². The summed E-state index contributed by atoms with van der Waals surface area (Å²) < 4.78 is 61.9. The van der Waals surface area contributed by atoms with Crippen LogP contribution in [0.1, 0.15) is 5.56 Å². The lowest BCUT2D eigenvalue weighted by Crippen LogP contribution is -2.38. The Hall–Kier alpha value is -1.70. The predicted octanol–water partition coefficient (Wildman–Crippen LogP) is 4.74. The van der Waals surface area contributed by atoms with E-state index in [1.807, 2.05) is 13.0 Å². The van der Waals surface area contributed by atoms with E-state index in [-0.39, 0.29) is 4.90 Å². The summed E-state index contributed by atoms with van der Waals surface area (Å²) in [5.74, 6) is -6.10. The fourth-order valence-electron chi connectivity index (χ4n) is 1.62. The number of halogens is 5. The van der Waals surface area contributed by atoms with E-state index in [9.17, 15) is 22.0 Å². The average molecular weight is 334 g/mol. The molecule has 0 saturated heterocycles. The van der Waals surface area contributed by atoms with Crippen LogP contribution in [0, 0.1) is 6.92 Å². The van der Waals surface area contributed by atoms with E-state index in [0.29, 0.717) is 23.1 Å². The molecule has 0 radical (unpaired) electrons. The third kappa shape index (κ3) is 3.73. The van der Waals surface area contributed by atoms with Crippen LogP contribution in [-0.4, -0.2) is 27.8 Å². The number of alkyl halides is 5. The van der Waals surface area contributed by atoms with Gasteiger partial charge in [-0.15, -0.1) is 11.8 Å². The van der Waals surface area contributed by atoms with Crippen molar-refractivity contribution in [2.45, 2.75) is 23.9 Å². The highest BCUT2D eigenvalue weighted by atomic mass is 32.2. The second-order valence-corrected chi connectivity index (χ2v) is 5.59. The topological polar surface area (TPSA) is 25.8 Å². The molecule has 0 bridgehead atoms. The first kappa shape index (κ1) is 16.7. The fraction of sp³-hybridized carbons (Fsp3) is 0.286. The lowest BCUT2D eigenvalue weighted by Gasteiger charge is -2.18. The number of nitrogens with zero attached hydrogens (tertiary/aromatic N) is 2. The molecule has 8 heteroatoms. The molecule has 0 atom stereocenters. The monoisotopic (exact) mass is 334 g/mol. The summed E-state index contributed by atoms with van der Waals surface area (Å²) in [5.41, 5.74) is 2.06. The number of aromatic nitrogens is 2.